The number of carbonyl (C=O) groups is 3. The number of ether oxygens (including phenoxy) is 1. The zero-order valence-electron chi connectivity index (χ0n) is 17.7. The second-order valence-corrected chi connectivity index (χ2v) is 8.74. The predicted molar refractivity (Wildman–Crippen MR) is 110 cm³/mol. The Kier molecular flexibility index (Phi) is 7.17. The van der Waals surface area contributed by atoms with E-state index in [4.69, 9.17) is 4.74 Å². The molecular formula is C22H30N2O7. The summed E-state index contributed by atoms with van der Waals surface area (Å²) in [6, 6.07) is 3.74. The highest BCUT2D eigenvalue weighted by Gasteiger charge is 2.36. The van der Waals surface area contributed by atoms with Crippen LogP contribution in [-0.4, -0.2) is 63.5 Å². The summed E-state index contributed by atoms with van der Waals surface area (Å²) in [7, 11) is 0. The van der Waals surface area contributed by atoms with Crippen LogP contribution in [0.15, 0.2) is 18.2 Å². The van der Waals surface area contributed by atoms with Gasteiger partial charge in [-0.3, -0.25) is 9.59 Å². The number of amides is 2. The molecule has 2 heterocycles. The van der Waals surface area contributed by atoms with E-state index in [-0.39, 0.29) is 36.0 Å². The summed E-state index contributed by atoms with van der Waals surface area (Å²) < 4.78 is 5.53. The average molecular weight is 434 g/mol. The van der Waals surface area contributed by atoms with Crippen molar-refractivity contribution < 1.29 is 34.4 Å². The molecule has 3 rings (SSSR count). The lowest BCUT2D eigenvalue weighted by Gasteiger charge is -2.33. The molecule has 0 aliphatic carbocycles. The molecule has 2 aliphatic heterocycles. The van der Waals surface area contributed by atoms with Crippen LogP contribution in [0.3, 0.4) is 0 Å². The number of carbonyl (C=O) groups excluding carboxylic acids is 3. The number of aliphatic hydroxyl groups is 2. The number of cyclic esters (lactones) is 1. The fourth-order valence-electron chi connectivity index (χ4n) is 4.22. The van der Waals surface area contributed by atoms with E-state index in [1.807, 2.05) is 13.8 Å². The van der Waals surface area contributed by atoms with Gasteiger partial charge in [0.2, 0.25) is 11.8 Å². The molecule has 31 heavy (non-hydrogen) atoms. The van der Waals surface area contributed by atoms with E-state index in [0.717, 1.165) is 0 Å². The Labute approximate surface area is 180 Å². The summed E-state index contributed by atoms with van der Waals surface area (Å²) in [5.74, 6) is -1.26. The van der Waals surface area contributed by atoms with E-state index >= 15 is 0 Å². The number of fused-ring (bicyclic) bond motifs is 1. The van der Waals surface area contributed by atoms with Gasteiger partial charge in [0.25, 0.3) is 0 Å². The van der Waals surface area contributed by atoms with Crippen LogP contribution in [0.5, 0.6) is 5.75 Å². The Bertz CT molecular complexity index is 841. The maximum atomic E-state index is 12.6. The van der Waals surface area contributed by atoms with Gasteiger partial charge in [-0.05, 0) is 30.4 Å². The number of phenolic OH excluding ortho intramolecular Hbond substituents is 1. The zero-order valence-corrected chi connectivity index (χ0v) is 17.7. The largest absolute Gasteiger partial charge is 0.507 e. The van der Waals surface area contributed by atoms with Crippen molar-refractivity contribution in [2.45, 2.75) is 76.3 Å². The van der Waals surface area contributed by atoms with Gasteiger partial charge in [-0.1, -0.05) is 26.0 Å². The molecule has 2 aliphatic rings. The normalized spacial score (nSPS) is 23.5. The van der Waals surface area contributed by atoms with Crippen LogP contribution in [0, 0.1) is 5.92 Å². The number of hydrogen-bond acceptors (Lipinski definition) is 7. The second kappa shape index (κ2) is 9.65. The van der Waals surface area contributed by atoms with Gasteiger partial charge in [0.05, 0.1) is 24.6 Å². The first kappa shape index (κ1) is 23.0. The Balaban J connectivity index is 1.65. The summed E-state index contributed by atoms with van der Waals surface area (Å²) >= 11 is 0. The number of nitrogens with one attached hydrogen (secondary N) is 2. The molecule has 1 aromatic rings. The topological polar surface area (TPSA) is 145 Å². The smallest absolute Gasteiger partial charge is 0.342 e. The molecule has 0 bridgehead atoms. The summed E-state index contributed by atoms with van der Waals surface area (Å²) in [6.45, 7) is 3.95. The van der Waals surface area contributed by atoms with Crippen molar-refractivity contribution in [3.05, 3.63) is 29.3 Å². The van der Waals surface area contributed by atoms with E-state index < -0.39 is 42.3 Å². The van der Waals surface area contributed by atoms with Gasteiger partial charge in [-0.25, -0.2) is 4.79 Å². The summed E-state index contributed by atoms with van der Waals surface area (Å²) in [5, 5.41) is 35.9. The first-order valence-electron chi connectivity index (χ1n) is 10.6. The maximum Gasteiger partial charge on any atom is 0.342 e. The molecule has 170 valence electrons. The highest BCUT2D eigenvalue weighted by atomic mass is 16.5. The summed E-state index contributed by atoms with van der Waals surface area (Å²) in [4.78, 5) is 36.4. The Morgan fingerprint density at radius 3 is 2.68 bits per heavy atom. The molecular weight excluding hydrogens is 404 g/mol. The first-order chi connectivity index (χ1) is 14.7. The lowest BCUT2D eigenvalue weighted by molar-refractivity contribution is -0.127. The van der Waals surface area contributed by atoms with Gasteiger partial charge in [0.15, 0.2) is 0 Å². The van der Waals surface area contributed by atoms with Crippen molar-refractivity contribution in [1.82, 2.24) is 10.6 Å². The molecule has 1 saturated heterocycles. The van der Waals surface area contributed by atoms with Crippen LogP contribution < -0.4 is 10.6 Å². The lowest BCUT2D eigenvalue weighted by Crippen LogP contribution is -2.50. The molecule has 9 heteroatoms. The Morgan fingerprint density at radius 2 is 2.03 bits per heavy atom. The number of esters is 1. The van der Waals surface area contributed by atoms with E-state index in [1.54, 1.807) is 12.1 Å². The fourth-order valence-corrected chi connectivity index (χ4v) is 4.22. The standard InChI is InChI=1S/C22H30N2O7/c1-11(2)8-14(17-9-12-4-3-5-15(25)20(12)22(30)31-17)24-19(28)10-16(26)21(29)13-6-7-18(27)23-13/h3-5,11,13-14,16-17,21,25-26,29H,6-10H2,1-2H3,(H,23,27)(H,24,28). The van der Waals surface area contributed by atoms with Gasteiger partial charge >= 0.3 is 5.97 Å². The Hall–Kier alpha value is -2.65. The zero-order chi connectivity index (χ0) is 22.7. The number of phenols is 1. The first-order valence-corrected chi connectivity index (χ1v) is 10.6. The predicted octanol–water partition coefficient (Wildman–Crippen LogP) is 0.395. The van der Waals surface area contributed by atoms with Gasteiger partial charge < -0.3 is 30.7 Å². The van der Waals surface area contributed by atoms with E-state index in [2.05, 4.69) is 10.6 Å². The number of benzene rings is 1. The SMILES string of the molecule is CC(C)CC(NC(=O)CC(O)C(O)C1CCC(=O)N1)C1Cc2cccc(O)c2C(=O)O1. The van der Waals surface area contributed by atoms with E-state index in [9.17, 15) is 29.7 Å². The van der Waals surface area contributed by atoms with Crippen LogP contribution in [0.4, 0.5) is 0 Å². The quantitative estimate of drug-likeness (QED) is 0.372. The minimum Gasteiger partial charge on any atom is -0.507 e. The van der Waals surface area contributed by atoms with Crippen LogP contribution in [0.25, 0.3) is 0 Å². The minimum absolute atomic E-state index is 0.137. The minimum atomic E-state index is -1.34. The molecule has 5 unspecified atom stereocenters. The monoisotopic (exact) mass is 434 g/mol. The molecule has 0 aromatic heterocycles. The van der Waals surface area contributed by atoms with Crippen LogP contribution in [0.2, 0.25) is 0 Å². The second-order valence-electron chi connectivity index (χ2n) is 8.74. The van der Waals surface area contributed by atoms with Gasteiger partial charge in [0.1, 0.15) is 23.5 Å². The van der Waals surface area contributed by atoms with E-state index in [0.29, 0.717) is 24.8 Å². The fraction of sp³-hybridized carbons (Fsp3) is 0.591. The summed E-state index contributed by atoms with van der Waals surface area (Å²) in [6.07, 6.45) is -2.00. The molecule has 5 atom stereocenters. The van der Waals surface area contributed by atoms with Gasteiger partial charge in [-0.2, -0.15) is 0 Å². The number of hydrogen-bond donors (Lipinski definition) is 5. The van der Waals surface area contributed by atoms with Crippen molar-refractivity contribution in [2.24, 2.45) is 5.92 Å². The van der Waals surface area contributed by atoms with Crippen LogP contribution in [-0.2, 0) is 20.7 Å². The van der Waals surface area contributed by atoms with Crippen molar-refractivity contribution >= 4 is 17.8 Å². The number of rotatable bonds is 8. The molecule has 1 fully saturated rings. The maximum absolute atomic E-state index is 12.6. The van der Waals surface area contributed by atoms with Gasteiger partial charge in [-0.15, -0.1) is 0 Å². The average Bonchev–Trinajstić information content (AvgIpc) is 3.12. The number of aliphatic hydroxyl groups excluding tert-OH is 2. The van der Waals surface area contributed by atoms with Crippen LogP contribution in [0.1, 0.15) is 55.5 Å². The third-order valence-corrected chi connectivity index (χ3v) is 5.76. The van der Waals surface area contributed by atoms with Crippen molar-refractivity contribution in [3.63, 3.8) is 0 Å². The molecule has 5 N–H and O–H groups in total. The molecule has 1 aromatic carbocycles. The van der Waals surface area contributed by atoms with Crippen LogP contribution >= 0.6 is 0 Å². The summed E-state index contributed by atoms with van der Waals surface area (Å²) in [5.41, 5.74) is 0.794. The van der Waals surface area contributed by atoms with E-state index in [1.165, 1.54) is 6.07 Å². The van der Waals surface area contributed by atoms with Crippen molar-refractivity contribution in [1.29, 1.82) is 0 Å². The van der Waals surface area contributed by atoms with Gasteiger partial charge in [0, 0.05) is 12.8 Å². The van der Waals surface area contributed by atoms with Crippen molar-refractivity contribution in [2.75, 3.05) is 0 Å². The molecule has 0 spiro atoms. The number of aromatic hydroxyl groups is 1. The molecule has 9 nitrogen and oxygen atoms in total. The third-order valence-electron chi connectivity index (χ3n) is 5.76. The Morgan fingerprint density at radius 1 is 1.29 bits per heavy atom. The molecule has 2 amide bonds. The van der Waals surface area contributed by atoms with Crippen molar-refractivity contribution in [3.8, 4) is 5.75 Å². The highest BCUT2D eigenvalue weighted by Crippen LogP contribution is 2.30. The highest BCUT2D eigenvalue weighted by molar-refractivity contribution is 5.95. The molecule has 0 radical (unpaired) electrons. The molecule has 0 saturated carbocycles. The lowest BCUT2D eigenvalue weighted by atomic mass is 9.90. The third kappa shape index (κ3) is 5.54.